The van der Waals surface area contributed by atoms with E-state index >= 15 is 4.39 Å². The van der Waals surface area contributed by atoms with Crippen LogP contribution < -0.4 is 0 Å². The van der Waals surface area contributed by atoms with Crippen molar-refractivity contribution in [2.45, 2.75) is 12.3 Å². The van der Waals surface area contributed by atoms with Gasteiger partial charge in [-0.15, -0.1) is 0 Å². The third kappa shape index (κ3) is 4.71. The number of rotatable bonds is 5. The molecule has 1 amide bonds. The molecule has 0 spiro atoms. The van der Waals surface area contributed by atoms with Crippen LogP contribution in [0.2, 0.25) is 5.02 Å². The SMILES string of the molecule is COC1CN(C(=O)c2ccc3c(-c4ccc(C(=O)O)cc4F)cn(C(=O)c4c(Cl)cccc4C(F)(F)F)c3c2)C1. The molecular formula is C28H19ClF4N2O5. The molecule has 1 aliphatic rings. The Labute approximate surface area is 229 Å². The molecule has 1 saturated heterocycles. The first-order valence-corrected chi connectivity index (χ1v) is 12.2. The number of carboxylic acid groups (broad SMARTS) is 1. The Morgan fingerprint density at radius 3 is 2.30 bits per heavy atom. The number of carbonyl (C=O) groups is 3. The first kappa shape index (κ1) is 27.4. The van der Waals surface area contributed by atoms with E-state index in [0.717, 1.165) is 41.1 Å². The first-order chi connectivity index (χ1) is 18.9. The van der Waals surface area contributed by atoms with Crippen LogP contribution in [0.5, 0.6) is 0 Å². The van der Waals surface area contributed by atoms with Gasteiger partial charge in [0.25, 0.3) is 11.8 Å². The summed E-state index contributed by atoms with van der Waals surface area (Å²) in [5.74, 6) is -3.81. The molecule has 5 rings (SSSR count). The maximum Gasteiger partial charge on any atom is 0.417 e. The van der Waals surface area contributed by atoms with Gasteiger partial charge in [0.15, 0.2) is 0 Å². The number of methoxy groups -OCH3 is 1. The Morgan fingerprint density at radius 1 is 0.975 bits per heavy atom. The number of nitrogens with zero attached hydrogens (tertiary/aromatic N) is 2. The molecule has 0 radical (unpaired) electrons. The molecule has 12 heteroatoms. The van der Waals surface area contributed by atoms with Crippen molar-refractivity contribution in [2.75, 3.05) is 20.2 Å². The Bertz CT molecular complexity index is 1690. The summed E-state index contributed by atoms with van der Waals surface area (Å²) in [6.45, 7) is 0.683. The number of amides is 1. The second-order valence-corrected chi connectivity index (χ2v) is 9.58. The standard InChI is InChI=1S/C28H19ClF4N2O5/c1-40-16-11-34(12-16)25(36)14-5-8-18-19(17-7-6-15(27(38)39)9-22(17)30)13-35(23(18)10-14)26(37)24-20(28(31,32)33)3-2-4-21(24)29/h2-10,13,16H,11-12H2,1H3,(H,38,39). The van der Waals surface area contributed by atoms with Crippen LogP contribution in [0.4, 0.5) is 17.6 Å². The number of fused-ring (bicyclic) bond motifs is 1. The van der Waals surface area contributed by atoms with Gasteiger partial charge in [-0.3, -0.25) is 14.2 Å². The molecule has 2 heterocycles. The lowest BCUT2D eigenvalue weighted by Gasteiger charge is -2.38. The molecule has 1 aromatic heterocycles. The molecule has 0 aliphatic carbocycles. The van der Waals surface area contributed by atoms with E-state index in [-0.39, 0.29) is 45.2 Å². The number of ether oxygens (including phenoxy) is 1. The minimum atomic E-state index is -4.91. The van der Waals surface area contributed by atoms with E-state index in [1.807, 2.05) is 0 Å². The van der Waals surface area contributed by atoms with Crippen molar-refractivity contribution in [3.8, 4) is 11.1 Å². The highest BCUT2D eigenvalue weighted by atomic mass is 35.5. The predicted molar refractivity (Wildman–Crippen MR) is 137 cm³/mol. The zero-order valence-electron chi connectivity index (χ0n) is 20.6. The molecule has 0 saturated carbocycles. The van der Waals surface area contributed by atoms with Gasteiger partial charge in [0, 0.05) is 48.5 Å². The molecule has 1 N–H and O–H groups in total. The van der Waals surface area contributed by atoms with Crippen LogP contribution in [-0.2, 0) is 10.9 Å². The number of aromatic carboxylic acids is 1. The number of carboxylic acids is 1. The lowest BCUT2D eigenvalue weighted by Crippen LogP contribution is -2.54. The number of hydrogen-bond donors (Lipinski definition) is 1. The molecule has 4 aromatic rings. The lowest BCUT2D eigenvalue weighted by molar-refractivity contribution is -0.137. The smallest absolute Gasteiger partial charge is 0.417 e. The van der Waals surface area contributed by atoms with Crippen molar-refractivity contribution < 1.29 is 41.8 Å². The number of alkyl halides is 3. The van der Waals surface area contributed by atoms with Crippen molar-refractivity contribution in [1.82, 2.24) is 9.47 Å². The minimum absolute atomic E-state index is 0.0319. The second-order valence-electron chi connectivity index (χ2n) is 9.18. The molecule has 40 heavy (non-hydrogen) atoms. The van der Waals surface area contributed by atoms with Crippen molar-refractivity contribution in [1.29, 1.82) is 0 Å². The Balaban J connectivity index is 1.71. The third-order valence-electron chi connectivity index (χ3n) is 6.78. The highest BCUT2D eigenvalue weighted by Gasteiger charge is 2.37. The first-order valence-electron chi connectivity index (χ1n) is 11.8. The van der Waals surface area contributed by atoms with E-state index in [9.17, 15) is 32.7 Å². The van der Waals surface area contributed by atoms with E-state index in [1.165, 1.54) is 36.3 Å². The molecule has 0 atom stereocenters. The van der Waals surface area contributed by atoms with Crippen LogP contribution in [0.1, 0.15) is 36.6 Å². The fourth-order valence-corrected chi connectivity index (χ4v) is 4.90. The van der Waals surface area contributed by atoms with E-state index in [1.54, 1.807) is 0 Å². The largest absolute Gasteiger partial charge is 0.478 e. The topological polar surface area (TPSA) is 88.8 Å². The van der Waals surface area contributed by atoms with Gasteiger partial charge in [-0.05, 0) is 36.4 Å². The van der Waals surface area contributed by atoms with Crippen LogP contribution in [0.25, 0.3) is 22.0 Å². The maximum absolute atomic E-state index is 15.1. The highest BCUT2D eigenvalue weighted by Crippen LogP contribution is 2.38. The molecular weight excluding hydrogens is 556 g/mol. The van der Waals surface area contributed by atoms with Gasteiger partial charge in [-0.2, -0.15) is 13.2 Å². The van der Waals surface area contributed by atoms with Crippen molar-refractivity contribution >= 4 is 40.3 Å². The van der Waals surface area contributed by atoms with Crippen LogP contribution in [0.15, 0.2) is 60.8 Å². The van der Waals surface area contributed by atoms with Gasteiger partial charge in [0.05, 0.1) is 33.3 Å². The van der Waals surface area contributed by atoms with Crippen molar-refractivity contribution in [3.63, 3.8) is 0 Å². The summed E-state index contributed by atoms with van der Waals surface area (Å²) in [5.41, 5.74) is -2.21. The van der Waals surface area contributed by atoms with Gasteiger partial charge >= 0.3 is 12.1 Å². The van der Waals surface area contributed by atoms with Gasteiger partial charge in [0.2, 0.25) is 0 Å². The van der Waals surface area contributed by atoms with Gasteiger partial charge in [-0.1, -0.05) is 29.8 Å². The highest BCUT2D eigenvalue weighted by molar-refractivity contribution is 6.34. The van der Waals surface area contributed by atoms with E-state index in [2.05, 4.69) is 0 Å². The molecule has 1 fully saturated rings. The Hall–Kier alpha value is -4.22. The molecule has 7 nitrogen and oxygen atoms in total. The van der Waals surface area contributed by atoms with E-state index in [0.29, 0.717) is 13.1 Å². The van der Waals surface area contributed by atoms with E-state index in [4.69, 9.17) is 16.3 Å². The Morgan fingerprint density at radius 2 is 1.68 bits per heavy atom. The van der Waals surface area contributed by atoms with Crippen LogP contribution in [0.3, 0.4) is 0 Å². The zero-order valence-corrected chi connectivity index (χ0v) is 21.4. The second kappa shape index (κ2) is 10.1. The lowest BCUT2D eigenvalue weighted by atomic mass is 10.0. The zero-order chi connectivity index (χ0) is 28.9. The average Bonchev–Trinajstić information content (AvgIpc) is 3.25. The minimum Gasteiger partial charge on any atom is -0.478 e. The summed E-state index contributed by atoms with van der Waals surface area (Å²) in [5, 5.41) is 8.98. The fraction of sp³-hybridized carbons (Fsp3) is 0.179. The summed E-state index contributed by atoms with van der Waals surface area (Å²) < 4.78 is 62.6. The normalized spacial score (nSPS) is 13.9. The number of benzene rings is 3. The Kier molecular flexibility index (Phi) is 6.89. The molecule has 0 bridgehead atoms. The summed E-state index contributed by atoms with van der Waals surface area (Å²) >= 11 is 6.08. The van der Waals surface area contributed by atoms with Crippen molar-refractivity contribution in [3.05, 3.63) is 93.9 Å². The number of carbonyl (C=O) groups excluding carboxylic acids is 2. The van der Waals surface area contributed by atoms with Gasteiger partial charge in [-0.25, -0.2) is 9.18 Å². The van der Waals surface area contributed by atoms with Gasteiger partial charge in [0.1, 0.15) is 5.82 Å². The van der Waals surface area contributed by atoms with Crippen LogP contribution >= 0.6 is 11.6 Å². The number of halogens is 5. The monoisotopic (exact) mass is 574 g/mol. The molecule has 0 unspecified atom stereocenters. The van der Waals surface area contributed by atoms with Gasteiger partial charge < -0.3 is 14.7 Å². The number of aromatic nitrogens is 1. The van der Waals surface area contributed by atoms with Crippen LogP contribution in [-0.4, -0.2) is 58.7 Å². The molecule has 3 aromatic carbocycles. The number of likely N-dealkylation sites (tertiary alicyclic amines) is 1. The fourth-order valence-electron chi connectivity index (χ4n) is 4.64. The predicted octanol–water partition coefficient (Wildman–Crippen LogP) is 5.98. The third-order valence-corrected chi connectivity index (χ3v) is 7.09. The van der Waals surface area contributed by atoms with Crippen molar-refractivity contribution in [2.24, 2.45) is 0 Å². The summed E-state index contributed by atoms with van der Waals surface area (Å²) in [6.07, 6.45) is -3.88. The number of hydrogen-bond acceptors (Lipinski definition) is 4. The quantitative estimate of drug-likeness (QED) is 0.296. The average molecular weight is 575 g/mol. The summed E-state index contributed by atoms with van der Waals surface area (Å²) in [6, 6.07) is 10.4. The summed E-state index contributed by atoms with van der Waals surface area (Å²) in [4.78, 5) is 39.5. The molecule has 206 valence electrons. The van der Waals surface area contributed by atoms with E-state index < -0.39 is 40.0 Å². The molecule has 1 aliphatic heterocycles. The maximum atomic E-state index is 15.1. The summed E-state index contributed by atoms with van der Waals surface area (Å²) in [7, 11) is 1.52. The van der Waals surface area contributed by atoms with Crippen LogP contribution in [0, 0.1) is 5.82 Å².